The molecule has 2 unspecified atom stereocenters. The summed E-state index contributed by atoms with van der Waals surface area (Å²) >= 11 is 0. The van der Waals surface area contributed by atoms with Crippen LogP contribution in [0, 0.1) is 11.8 Å². The third kappa shape index (κ3) is 3.00. The fourth-order valence-electron chi connectivity index (χ4n) is 4.04. The lowest BCUT2D eigenvalue weighted by Crippen LogP contribution is -2.64. The van der Waals surface area contributed by atoms with Crippen LogP contribution < -0.4 is 5.32 Å². The Balaban J connectivity index is 1.25. The molecule has 2 atom stereocenters. The number of imide groups is 1. The highest BCUT2D eigenvalue weighted by molar-refractivity contribution is 6.06. The molecule has 0 radical (unpaired) electrons. The van der Waals surface area contributed by atoms with Gasteiger partial charge in [-0.15, -0.1) is 0 Å². The molecule has 6 heteroatoms. The van der Waals surface area contributed by atoms with Gasteiger partial charge in [0.2, 0.25) is 11.8 Å². The lowest BCUT2D eigenvalue weighted by molar-refractivity contribution is -0.145. The van der Waals surface area contributed by atoms with E-state index in [-0.39, 0.29) is 35.7 Å². The van der Waals surface area contributed by atoms with Crippen LogP contribution in [0.3, 0.4) is 0 Å². The molecule has 26 heavy (non-hydrogen) atoms. The predicted octanol–water partition coefficient (Wildman–Crippen LogP) is 1.57. The number of nitrogens with zero attached hydrogens (tertiary/aromatic N) is 2. The van der Waals surface area contributed by atoms with Gasteiger partial charge in [0, 0.05) is 19.6 Å². The maximum atomic E-state index is 12.5. The van der Waals surface area contributed by atoms with Crippen molar-refractivity contribution in [3.8, 4) is 0 Å². The number of allylic oxidation sites excluding steroid dienone is 2. The SMILES string of the molecule is O=C(NCCc1ccccc1)N1CC(N2C(=O)C3CC=CCC3C2=O)C1. The van der Waals surface area contributed by atoms with Gasteiger partial charge >= 0.3 is 6.03 Å². The molecule has 0 spiro atoms. The van der Waals surface area contributed by atoms with Crippen molar-refractivity contribution in [2.24, 2.45) is 11.8 Å². The van der Waals surface area contributed by atoms with Crippen molar-refractivity contribution in [2.75, 3.05) is 19.6 Å². The van der Waals surface area contributed by atoms with E-state index in [0.717, 1.165) is 6.42 Å². The summed E-state index contributed by atoms with van der Waals surface area (Å²) in [5.41, 5.74) is 1.18. The number of hydrogen-bond donors (Lipinski definition) is 1. The molecule has 1 aliphatic carbocycles. The van der Waals surface area contributed by atoms with Gasteiger partial charge in [0.15, 0.2) is 0 Å². The molecule has 2 aliphatic heterocycles. The summed E-state index contributed by atoms with van der Waals surface area (Å²) in [4.78, 5) is 40.4. The molecule has 1 aromatic rings. The van der Waals surface area contributed by atoms with E-state index < -0.39 is 0 Å². The fraction of sp³-hybridized carbons (Fsp3) is 0.450. The number of urea groups is 1. The zero-order chi connectivity index (χ0) is 18.1. The van der Waals surface area contributed by atoms with Crippen molar-refractivity contribution >= 4 is 17.8 Å². The molecular formula is C20H23N3O3. The molecular weight excluding hydrogens is 330 g/mol. The van der Waals surface area contributed by atoms with Gasteiger partial charge in [-0.1, -0.05) is 42.5 Å². The van der Waals surface area contributed by atoms with Crippen LogP contribution in [0.5, 0.6) is 0 Å². The van der Waals surface area contributed by atoms with Gasteiger partial charge in [-0.2, -0.15) is 0 Å². The maximum absolute atomic E-state index is 12.5. The third-order valence-electron chi connectivity index (χ3n) is 5.59. The molecule has 0 aromatic heterocycles. The Bertz CT molecular complexity index is 714. The molecule has 4 rings (SSSR count). The number of fused-ring (bicyclic) bond motifs is 1. The first-order valence-corrected chi connectivity index (χ1v) is 9.24. The quantitative estimate of drug-likeness (QED) is 0.660. The average molecular weight is 353 g/mol. The van der Waals surface area contributed by atoms with E-state index >= 15 is 0 Å². The summed E-state index contributed by atoms with van der Waals surface area (Å²) in [6, 6.07) is 9.70. The van der Waals surface area contributed by atoms with Crippen LogP contribution in [-0.4, -0.2) is 53.3 Å². The second kappa shape index (κ2) is 6.94. The molecule has 0 bridgehead atoms. The van der Waals surface area contributed by atoms with Gasteiger partial charge in [0.05, 0.1) is 17.9 Å². The highest BCUT2D eigenvalue weighted by Crippen LogP contribution is 2.37. The molecule has 136 valence electrons. The van der Waals surface area contributed by atoms with Crippen LogP contribution in [0.25, 0.3) is 0 Å². The summed E-state index contributed by atoms with van der Waals surface area (Å²) in [7, 11) is 0. The molecule has 1 aromatic carbocycles. The van der Waals surface area contributed by atoms with Crippen molar-refractivity contribution in [2.45, 2.75) is 25.3 Å². The van der Waals surface area contributed by atoms with Crippen molar-refractivity contribution in [3.05, 3.63) is 48.0 Å². The zero-order valence-electron chi connectivity index (χ0n) is 14.6. The normalized spacial score (nSPS) is 25.2. The molecule has 1 N–H and O–H groups in total. The van der Waals surface area contributed by atoms with Crippen LogP contribution in [-0.2, 0) is 16.0 Å². The van der Waals surface area contributed by atoms with E-state index in [1.807, 2.05) is 42.5 Å². The number of hydrogen-bond acceptors (Lipinski definition) is 3. The number of rotatable bonds is 4. The number of likely N-dealkylation sites (tertiary alicyclic amines) is 2. The summed E-state index contributed by atoms with van der Waals surface area (Å²) in [5.74, 6) is -0.500. The van der Waals surface area contributed by atoms with E-state index in [2.05, 4.69) is 5.32 Å². The molecule has 3 aliphatic rings. The number of amides is 4. The minimum atomic E-state index is -0.193. The van der Waals surface area contributed by atoms with Gasteiger partial charge in [-0.05, 0) is 24.8 Å². The lowest BCUT2D eigenvalue weighted by atomic mass is 9.85. The molecule has 4 amide bonds. The Morgan fingerprint density at radius 2 is 1.62 bits per heavy atom. The smallest absolute Gasteiger partial charge is 0.317 e. The summed E-state index contributed by atoms with van der Waals surface area (Å²) in [6.07, 6.45) is 6.07. The zero-order valence-corrected chi connectivity index (χ0v) is 14.6. The van der Waals surface area contributed by atoms with Crippen LogP contribution in [0.15, 0.2) is 42.5 Å². The molecule has 6 nitrogen and oxygen atoms in total. The van der Waals surface area contributed by atoms with Crippen molar-refractivity contribution in [1.29, 1.82) is 0 Å². The Kier molecular flexibility index (Phi) is 4.49. The number of carbonyl (C=O) groups is 3. The van der Waals surface area contributed by atoms with E-state index in [9.17, 15) is 14.4 Å². The van der Waals surface area contributed by atoms with E-state index in [1.165, 1.54) is 10.5 Å². The van der Waals surface area contributed by atoms with Gasteiger partial charge in [-0.25, -0.2) is 4.79 Å². The van der Waals surface area contributed by atoms with Crippen molar-refractivity contribution in [1.82, 2.24) is 15.1 Å². The first-order chi connectivity index (χ1) is 12.6. The standard InChI is InChI=1S/C20H23N3O3/c24-18-16-8-4-5-9-17(16)19(25)23(18)15-12-22(13-15)20(26)21-11-10-14-6-2-1-3-7-14/h1-7,15-17H,8-13H2,(H,21,26). The van der Waals surface area contributed by atoms with Crippen LogP contribution in [0.1, 0.15) is 18.4 Å². The lowest BCUT2D eigenvalue weighted by Gasteiger charge is -2.43. The molecule has 2 fully saturated rings. The highest BCUT2D eigenvalue weighted by Gasteiger charge is 2.52. The topological polar surface area (TPSA) is 69.7 Å². The average Bonchev–Trinajstić information content (AvgIpc) is 2.87. The van der Waals surface area contributed by atoms with E-state index in [4.69, 9.17) is 0 Å². The van der Waals surface area contributed by atoms with Gasteiger partial charge in [-0.3, -0.25) is 14.5 Å². The second-order valence-electron chi connectivity index (χ2n) is 7.23. The Morgan fingerprint density at radius 3 is 2.23 bits per heavy atom. The first kappa shape index (κ1) is 16.8. The third-order valence-corrected chi connectivity index (χ3v) is 5.59. The number of nitrogens with one attached hydrogen (secondary N) is 1. The fourth-order valence-corrected chi connectivity index (χ4v) is 4.04. The van der Waals surface area contributed by atoms with Crippen molar-refractivity contribution < 1.29 is 14.4 Å². The number of carbonyl (C=O) groups excluding carboxylic acids is 3. The van der Waals surface area contributed by atoms with Crippen LogP contribution in [0.4, 0.5) is 4.79 Å². The minimum absolute atomic E-state index is 0.0570. The maximum Gasteiger partial charge on any atom is 0.317 e. The van der Waals surface area contributed by atoms with E-state index in [0.29, 0.717) is 32.5 Å². The van der Waals surface area contributed by atoms with Gasteiger partial charge in [0.25, 0.3) is 0 Å². The Hall–Kier alpha value is -2.63. The molecule has 2 heterocycles. The summed E-state index contributed by atoms with van der Waals surface area (Å²) < 4.78 is 0. The largest absolute Gasteiger partial charge is 0.338 e. The first-order valence-electron chi connectivity index (χ1n) is 9.24. The number of benzene rings is 1. The highest BCUT2D eigenvalue weighted by atomic mass is 16.2. The molecule has 2 saturated heterocycles. The second-order valence-corrected chi connectivity index (χ2v) is 7.23. The monoisotopic (exact) mass is 353 g/mol. The van der Waals surface area contributed by atoms with E-state index in [1.54, 1.807) is 4.90 Å². The predicted molar refractivity (Wildman–Crippen MR) is 96.1 cm³/mol. The van der Waals surface area contributed by atoms with Gasteiger partial charge < -0.3 is 10.2 Å². The molecule has 0 saturated carbocycles. The van der Waals surface area contributed by atoms with Crippen LogP contribution >= 0.6 is 0 Å². The van der Waals surface area contributed by atoms with Gasteiger partial charge in [0.1, 0.15) is 0 Å². The summed E-state index contributed by atoms with van der Waals surface area (Å²) in [6.45, 7) is 1.43. The van der Waals surface area contributed by atoms with Crippen molar-refractivity contribution in [3.63, 3.8) is 0 Å². The summed E-state index contributed by atoms with van der Waals surface area (Å²) in [5, 5.41) is 2.91. The van der Waals surface area contributed by atoms with Crippen LogP contribution in [0.2, 0.25) is 0 Å². The Morgan fingerprint density at radius 1 is 1.00 bits per heavy atom. The minimum Gasteiger partial charge on any atom is -0.338 e. The Labute approximate surface area is 152 Å².